The maximum absolute atomic E-state index is 11.5. The van der Waals surface area contributed by atoms with Crippen LogP contribution in [0.2, 0.25) is 0 Å². The first-order valence-corrected chi connectivity index (χ1v) is 5.64. The fourth-order valence-electron chi connectivity index (χ4n) is 1.63. The van der Waals surface area contributed by atoms with Gasteiger partial charge < -0.3 is 9.84 Å². The van der Waals surface area contributed by atoms with Gasteiger partial charge in [-0.2, -0.15) is 5.26 Å². The van der Waals surface area contributed by atoms with Crippen molar-refractivity contribution < 1.29 is 14.6 Å². The molecule has 19 heavy (non-hydrogen) atoms. The van der Waals surface area contributed by atoms with Crippen LogP contribution in [0.5, 0.6) is 5.75 Å². The molecule has 0 saturated carbocycles. The van der Waals surface area contributed by atoms with Crippen molar-refractivity contribution >= 4 is 5.97 Å². The summed E-state index contributed by atoms with van der Waals surface area (Å²) < 4.78 is 4.71. The lowest BCUT2D eigenvalue weighted by atomic mass is 10.0. The number of hydrogen-bond donors (Lipinski definition) is 1. The van der Waals surface area contributed by atoms with Gasteiger partial charge in [-0.3, -0.25) is 0 Å². The molecule has 0 atom stereocenters. The molecule has 0 fully saturated rings. The maximum Gasteiger partial charge on any atom is 0.339 e. The molecule has 1 N–H and O–H groups in total. The van der Waals surface area contributed by atoms with Gasteiger partial charge in [0.05, 0.1) is 5.56 Å². The molecular weight excluding hydrogens is 242 g/mol. The van der Waals surface area contributed by atoms with E-state index in [0.717, 1.165) is 11.1 Å². The average Bonchev–Trinajstić information content (AvgIpc) is 2.46. The Balaban J connectivity index is 2.17. The van der Waals surface area contributed by atoms with Crippen molar-refractivity contribution in [2.45, 2.75) is 0 Å². The van der Waals surface area contributed by atoms with Crippen molar-refractivity contribution in [1.29, 1.82) is 5.26 Å². The highest BCUT2D eigenvalue weighted by atomic mass is 16.5. The highest BCUT2D eigenvalue weighted by molar-refractivity contribution is 5.90. The smallest absolute Gasteiger partial charge is 0.339 e. The van der Waals surface area contributed by atoms with E-state index < -0.39 is 5.97 Å². The van der Waals surface area contributed by atoms with Crippen LogP contribution in [0.1, 0.15) is 10.4 Å². The van der Waals surface area contributed by atoms with E-state index in [2.05, 4.69) is 0 Å². The van der Waals surface area contributed by atoms with E-state index in [-0.39, 0.29) is 12.4 Å². The second-order valence-electron chi connectivity index (χ2n) is 3.86. The molecule has 0 heterocycles. The molecule has 94 valence electrons. The van der Waals surface area contributed by atoms with Crippen LogP contribution in [0, 0.1) is 11.3 Å². The summed E-state index contributed by atoms with van der Waals surface area (Å²) in [5.74, 6) is -0.306. The Labute approximate surface area is 110 Å². The van der Waals surface area contributed by atoms with E-state index in [1.807, 2.05) is 0 Å². The number of benzene rings is 2. The third-order valence-corrected chi connectivity index (χ3v) is 2.59. The number of rotatable bonds is 3. The van der Waals surface area contributed by atoms with Crippen molar-refractivity contribution in [2.24, 2.45) is 0 Å². The fourth-order valence-corrected chi connectivity index (χ4v) is 1.63. The van der Waals surface area contributed by atoms with Gasteiger partial charge in [0.2, 0.25) is 0 Å². The van der Waals surface area contributed by atoms with Crippen LogP contribution in [0.25, 0.3) is 11.1 Å². The summed E-state index contributed by atoms with van der Waals surface area (Å²) in [5.41, 5.74) is 2.27. The van der Waals surface area contributed by atoms with Crippen molar-refractivity contribution in [3.05, 3.63) is 54.1 Å². The molecule has 2 rings (SSSR count). The van der Waals surface area contributed by atoms with Gasteiger partial charge in [0.1, 0.15) is 11.8 Å². The Morgan fingerprint density at radius 2 is 1.58 bits per heavy atom. The summed E-state index contributed by atoms with van der Waals surface area (Å²) in [7, 11) is 0. The lowest BCUT2D eigenvalue weighted by molar-refractivity contribution is 0.0555. The van der Waals surface area contributed by atoms with Gasteiger partial charge in [-0.15, -0.1) is 0 Å². The zero-order valence-corrected chi connectivity index (χ0v) is 10.0. The van der Waals surface area contributed by atoms with Crippen molar-refractivity contribution in [3.63, 3.8) is 0 Å². The van der Waals surface area contributed by atoms with Crippen molar-refractivity contribution in [2.75, 3.05) is 6.61 Å². The number of carbonyl (C=O) groups is 1. The number of phenolic OH excluding ortho intramolecular Hbond substituents is 1. The number of aromatic hydroxyl groups is 1. The normalized spacial score (nSPS) is 9.63. The zero-order valence-electron chi connectivity index (χ0n) is 10.0. The number of ether oxygens (including phenoxy) is 1. The van der Waals surface area contributed by atoms with Crippen molar-refractivity contribution in [3.8, 4) is 22.9 Å². The van der Waals surface area contributed by atoms with Crippen molar-refractivity contribution in [1.82, 2.24) is 0 Å². The minimum absolute atomic E-state index is 0.209. The zero-order chi connectivity index (χ0) is 13.7. The SMILES string of the molecule is N#CCOC(=O)c1ccc(-c2ccc(O)cc2)cc1. The number of esters is 1. The molecule has 0 amide bonds. The molecule has 2 aromatic rings. The monoisotopic (exact) mass is 253 g/mol. The molecule has 4 nitrogen and oxygen atoms in total. The third kappa shape index (κ3) is 3.11. The molecule has 0 bridgehead atoms. The molecule has 0 spiro atoms. The number of nitrogens with zero attached hydrogens (tertiary/aromatic N) is 1. The van der Waals surface area contributed by atoms with Crippen LogP contribution in [0.4, 0.5) is 0 Å². The van der Waals surface area contributed by atoms with Gasteiger partial charge in [-0.25, -0.2) is 4.79 Å². The van der Waals surface area contributed by atoms with Crippen LogP contribution < -0.4 is 0 Å². The van der Waals surface area contributed by atoms with Crippen LogP contribution in [0.3, 0.4) is 0 Å². The van der Waals surface area contributed by atoms with Gasteiger partial charge >= 0.3 is 5.97 Å². The average molecular weight is 253 g/mol. The van der Waals surface area contributed by atoms with E-state index in [1.165, 1.54) is 0 Å². The van der Waals surface area contributed by atoms with Crippen LogP contribution in [-0.4, -0.2) is 17.7 Å². The predicted octanol–water partition coefficient (Wildman–Crippen LogP) is 2.74. The summed E-state index contributed by atoms with van der Waals surface area (Å²) in [6.07, 6.45) is 0. The quantitative estimate of drug-likeness (QED) is 0.854. The van der Waals surface area contributed by atoms with Crippen LogP contribution in [-0.2, 0) is 4.74 Å². The van der Waals surface area contributed by atoms with Crippen LogP contribution >= 0.6 is 0 Å². The van der Waals surface area contributed by atoms with Gasteiger partial charge in [0.15, 0.2) is 6.61 Å². The molecule has 4 heteroatoms. The lowest BCUT2D eigenvalue weighted by Gasteiger charge is -2.04. The highest BCUT2D eigenvalue weighted by Crippen LogP contribution is 2.22. The third-order valence-electron chi connectivity index (χ3n) is 2.59. The number of hydrogen-bond acceptors (Lipinski definition) is 4. The highest BCUT2D eigenvalue weighted by Gasteiger charge is 2.06. The largest absolute Gasteiger partial charge is 0.508 e. The first-order valence-electron chi connectivity index (χ1n) is 5.64. The fraction of sp³-hybridized carbons (Fsp3) is 0.0667. The van der Waals surface area contributed by atoms with Gasteiger partial charge in [-0.05, 0) is 35.4 Å². The second-order valence-corrected chi connectivity index (χ2v) is 3.86. The molecule has 0 saturated heterocycles. The summed E-state index contributed by atoms with van der Waals surface area (Å²) >= 11 is 0. The first-order chi connectivity index (χ1) is 9.20. The Morgan fingerprint density at radius 1 is 1.05 bits per heavy atom. The Hall–Kier alpha value is -2.80. The Morgan fingerprint density at radius 3 is 2.11 bits per heavy atom. The van der Waals surface area contributed by atoms with E-state index in [0.29, 0.717) is 5.56 Å². The summed E-state index contributed by atoms with van der Waals surface area (Å²) in [6.45, 7) is -0.251. The molecule has 0 unspecified atom stereocenters. The van der Waals surface area contributed by atoms with Gasteiger partial charge in [0, 0.05) is 0 Å². The first kappa shape index (κ1) is 12.7. The molecular formula is C15H11NO3. The predicted molar refractivity (Wildman–Crippen MR) is 69.4 cm³/mol. The molecule has 2 aromatic carbocycles. The van der Waals surface area contributed by atoms with E-state index >= 15 is 0 Å². The number of phenols is 1. The lowest BCUT2D eigenvalue weighted by Crippen LogP contribution is -2.04. The minimum Gasteiger partial charge on any atom is -0.508 e. The topological polar surface area (TPSA) is 70.3 Å². The van der Waals surface area contributed by atoms with E-state index in [4.69, 9.17) is 10.00 Å². The summed E-state index contributed by atoms with van der Waals surface area (Å²) in [4.78, 5) is 11.5. The standard InChI is InChI=1S/C15H11NO3/c16-9-10-19-15(18)13-3-1-11(2-4-13)12-5-7-14(17)8-6-12/h1-8,17H,10H2. The van der Waals surface area contributed by atoms with Gasteiger partial charge in [-0.1, -0.05) is 24.3 Å². The molecule has 0 radical (unpaired) electrons. The van der Waals surface area contributed by atoms with Crippen LogP contribution in [0.15, 0.2) is 48.5 Å². The maximum atomic E-state index is 11.5. The Bertz CT molecular complexity index is 609. The summed E-state index contributed by atoms with van der Waals surface area (Å²) in [6, 6.07) is 15.4. The summed E-state index contributed by atoms with van der Waals surface area (Å²) in [5, 5.41) is 17.5. The number of carbonyl (C=O) groups excluding carboxylic acids is 1. The molecule has 0 aliphatic rings. The molecule has 0 aromatic heterocycles. The van der Waals surface area contributed by atoms with E-state index in [9.17, 15) is 9.90 Å². The second kappa shape index (κ2) is 5.69. The minimum atomic E-state index is -0.515. The van der Waals surface area contributed by atoms with E-state index in [1.54, 1.807) is 54.6 Å². The number of nitriles is 1. The Kier molecular flexibility index (Phi) is 3.79. The molecule has 0 aliphatic heterocycles. The van der Waals surface area contributed by atoms with Gasteiger partial charge in [0.25, 0.3) is 0 Å². The molecule has 0 aliphatic carbocycles.